The van der Waals surface area contributed by atoms with Crippen LogP contribution in [0.15, 0.2) is 29.6 Å². The van der Waals surface area contributed by atoms with Gasteiger partial charge in [-0.2, -0.15) is 5.10 Å². The molecule has 0 aliphatic rings. The summed E-state index contributed by atoms with van der Waals surface area (Å²) in [5, 5.41) is 4.11. The number of nitrogens with one attached hydrogen (secondary N) is 1. The molecule has 1 heterocycles. The molecule has 0 spiro atoms. The van der Waals surface area contributed by atoms with Gasteiger partial charge in [0.05, 0.1) is 0 Å². The maximum Gasteiger partial charge on any atom is 0.271 e. The van der Waals surface area contributed by atoms with Gasteiger partial charge in [0.1, 0.15) is 0 Å². The van der Waals surface area contributed by atoms with E-state index in [-0.39, 0.29) is 5.91 Å². The fraction of sp³-hybridized carbons (Fsp3) is 0.417. The minimum atomic E-state index is -0.200. The lowest BCUT2D eigenvalue weighted by Crippen LogP contribution is -2.21. The average molecular weight is 219 g/mol. The summed E-state index contributed by atoms with van der Waals surface area (Å²) in [5.74, 6) is 0.150. The molecule has 4 nitrogen and oxygen atoms in total. The summed E-state index contributed by atoms with van der Waals surface area (Å²) in [7, 11) is 0. The normalized spacial score (nSPS) is 11.6. The lowest BCUT2D eigenvalue weighted by Gasteiger charge is -2.07. The molecule has 16 heavy (non-hydrogen) atoms. The van der Waals surface area contributed by atoms with Crippen molar-refractivity contribution in [3.63, 3.8) is 0 Å². The van der Waals surface area contributed by atoms with Crippen LogP contribution in [0.4, 0.5) is 0 Å². The maximum absolute atomic E-state index is 11.6. The Morgan fingerprint density at radius 3 is 2.56 bits per heavy atom. The second-order valence-corrected chi connectivity index (χ2v) is 3.79. The quantitative estimate of drug-likeness (QED) is 0.623. The van der Waals surface area contributed by atoms with Crippen LogP contribution in [0.5, 0.6) is 0 Å². The molecule has 4 heteroatoms. The van der Waals surface area contributed by atoms with Gasteiger partial charge in [0.25, 0.3) is 5.91 Å². The van der Waals surface area contributed by atoms with Crippen LogP contribution in [0, 0.1) is 5.92 Å². The highest BCUT2D eigenvalue weighted by atomic mass is 16.2. The van der Waals surface area contributed by atoms with Gasteiger partial charge in [0.2, 0.25) is 0 Å². The van der Waals surface area contributed by atoms with E-state index in [0.717, 1.165) is 12.1 Å². The van der Waals surface area contributed by atoms with Gasteiger partial charge in [-0.05, 0) is 24.5 Å². The number of nitrogens with zero attached hydrogens (tertiary/aromatic N) is 2. The zero-order valence-corrected chi connectivity index (χ0v) is 9.90. The van der Waals surface area contributed by atoms with E-state index < -0.39 is 0 Å². The van der Waals surface area contributed by atoms with Crippen molar-refractivity contribution in [3.8, 4) is 0 Å². The predicted molar refractivity (Wildman–Crippen MR) is 64.3 cm³/mol. The fourth-order valence-electron chi connectivity index (χ4n) is 1.31. The smallest absolute Gasteiger partial charge is 0.267 e. The molecule has 0 saturated heterocycles. The lowest BCUT2D eigenvalue weighted by molar-refractivity contribution is 0.0954. The number of hydrogen-bond donors (Lipinski definition) is 1. The van der Waals surface area contributed by atoms with Crippen molar-refractivity contribution in [2.45, 2.75) is 27.2 Å². The van der Waals surface area contributed by atoms with Gasteiger partial charge in [-0.15, -0.1) is 0 Å². The van der Waals surface area contributed by atoms with Crippen molar-refractivity contribution in [1.29, 1.82) is 0 Å². The van der Waals surface area contributed by atoms with Crippen molar-refractivity contribution >= 4 is 11.6 Å². The molecule has 0 saturated carbocycles. The Morgan fingerprint density at radius 1 is 1.44 bits per heavy atom. The molecule has 86 valence electrons. The van der Waals surface area contributed by atoms with E-state index in [4.69, 9.17) is 0 Å². The zero-order chi connectivity index (χ0) is 12.0. The summed E-state index contributed by atoms with van der Waals surface area (Å²) >= 11 is 0. The Bertz CT molecular complexity index is 371. The molecule has 0 aliphatic carbocycles. The topological polar surface area (TPSA) is 54.4 Å². The molecule has 0 aliphatic heterocycles. The second kappa shape index (κ2) is 6.00. The summed E-state index contributed by atoms with van der Waals surface area (Å²) in [4.78, 5) is 15.5. The van der Waals surface area contributed by atoms with E-state index in [1.807, 2.05) is 6.92 Å². The first-order chi connectivity index (χ1) is 7.65. The number of pyridine rings is 1. The van der Waals surface area contributed by atoms with Crippen LogP contribution in [0.1, 0.15) is 37.6 Å². The Hall–Kier alpha value is -1.71. The molecule has 0 atom stereocenters. The summed E-state index contributed by atoms with van der Waals surface area (Å²) in [6.45, 7) is 6.14. The van der Waals surface area contributed by atoms with Crippen LogP contribution in [0.3, 0.4) is 0 Å². The Kier molecular flexibility index (Phi) is 4.64. The maximum atomic E-state index is 11.6. The summed E-state index contributed by atoms with van der Waals surface area (Å²) in [6.07, 6.45) is 4.01. The number of amides is 1. The molecule has 1 aromatic rings. The Balaban J connectivity index is 2.66. The van der Waals surface area contributed by atoms with Crippen molar-refractivity contribution in [1.82, 2.24) is 10.4 Å². The molecule has 1 rings (SSSR count). The molecular formula is C12H17N3O. The van der Waals surface area contributed by atoms with Crippen LogP contribution in [-0.2, 0) is 0 Å². The van der Waals surface area contributed by atoms with Crippen LogP contribution < -0.4 is 5.43 Å². The molecule has 0 aromatic carbocycles. The van der Waals surface area contributed by atoms with Gasteiger partial charge in [-0.3, -0.25) is 9.78 Å². The molecule has 1 N–H and O–H groups in total. The number of rotatable bonds is 4. The summed E-state index contributed by atoms with van der Waals surface area (Å²) in [6, 6.07) is 3.32. The summed E-state index contributed by atoms with van der Waals surface area (Å²) < 4.78 is 0. The molecule has 1 amide bonds. The van der Waals surface area contributed by atoms with E-state index in [2.05, 4.69) is 29.4 Å². The van der Waals surface area contributed by atoms with E-state index in [9.17, 15) is 4.79 Å². The number of carbonyl (C=O) groups excluding carboxylic acids is 1. The zero-order valence-electron chi connectivity index (χ0n) is 9.90. The van der Waals surface area contributed by atoms with Gasteiger partial charge in [-0.1, -0.05) is 20.8 Å². The lowest BCUT2D eigenvalue weighted by atomic mass is 10.1. The van der Waals surface area contributed by atoms with E-state index in [1.165, 1.54) is 0 Å². The van der Waals surface area contributed by atoms with E-state index in [1.54, 1.807) is 24.5 Å². The van der Waals surface area contributed by atoms with Gasteiger partial charge in [-0.25, -0.2) is 5.43 Å². The first-order valence-corrected chi connectivity index (χ1v) is 5.42. The highest BCUT2D eigenvalue weighted by Gasteiger charge is 2.05. The van der Waals surface area contributed by atoms with Gasteiger partial charge < -0.3 is 0 Å². The second-order valence-electron chi connectivity index (χ2n) is 3.79. The van der Waals surface area contributed by atoms with Gasteiger partial charge in [0, 0.05) is 23.7 Å². The molecule has 0 bridgehead atoms. The number of hydrogen-bond acceptors (Lipinski definition) is 3. The average Bonchev–Trinajstić information content (AvgIpc) is 2.30. The standard InChI is InChI=1S/C12H17N3O/c1-4-11(9(2)3)14-15-12(16)10-5-7-13-8-6-10/h5-9H,4H2,1-3H3,(H,15,16)/b14-11-. The Labute approximate surface area is 95.8 Å². The minimum Gasteiger partial charge on any atom is -0.267 e. The largest absolute Gasteiger partial charge is 0.271 e. The van der Waals surface area contributed by atoms with Crippen molar-refractivity contribution in [2.24, 2.45) is 11.0 Å². The number of carbonyl (C=O) groups is 1. The van der Waals surface area contributed by atoms with Crippen molar-refractivity contribution in [2.75, 3.05) is 0 Å². The van der Waals surface area contributed by atoms with Crippen LogP contribution >= 0.6 is 0 Å². The van der Waals surface area contributed by atoms with Gasteiger partial charge in [0.15, 0.2) is 0 Å². The highest BCUT2D eigenvalue weighted by Crippen LogP contribution is 2.01. The van der Waals surface area contributed by atoms with Crippen LogP contribution in [0.25, 0.3) is 0 Å². The third-order valence-corrected chi connectivity index (χ3v) is 2.27. The molecular weight excluding hydrogens is 202 g/mol. The highest BCUT2D eigenvalue weighted by molar-refractivity contribution is 5.95. The Morgan fingerprint density at radius 2 is 2.06 bits per heavy atom. The first kappa shape index (κ1) is 12.4. The van der Waals surface area contributed by atoms with Crippen LogP contribution in [-0.4, -0.2) is 16.6 Å². The van der Waals surface area contributed by atoms with Crippen molar-refractivity contribution in [3.05, 3.63) is 30.1 Å². The van der Waals surface area contributed by atoms with Gasteiger partial charge >= 0.3 is 0 Å². The van der Waals surface area contributed by atoms with Crippen LogP contribution in [0.2, 0.25) is 0 Å². The molecule has 1 aromatic heterocycles. The molecule has 0 fully saturated rings. The fourth-order valence-corrected chi connectivity index (χ4v) is 1.31. The SMILES string of the molecule is CC/C(=N/NC(=O)c1ccncc1)C(C)C. The number of hydrazone groups is 1. The monoisotopic (exact) mass is 219 g/mol. The van der Waals surface area contributed by atoms with Crippen molar-refractivity contribution < 1.29 is 4.79 Å². The first-order valence-electron chi connectivity index (χ1n) is 5.42. The minimum absolute atomic E-state index is 0.200. The molecule has 0 radical (unpaired) electrons. The molecule has 0 unspecified atom stereocenters. The predicted octanol–water partition coefficient (Wildman–Crippen LogP) is 2.23. The summed E-state index contributed by atoms with van der Waals surface area (Å²) in [5.41, 5.74) is 4.11. The van der Waals surface area contributed by atoms with E-state index >= 15 is 0 Å². The number of aromatic nitrogens is 1. The van der Waals surface area contributed by atoms with E-state index in [0.29, 0.717) is 11.5 Å². The third kappa shape index (κ3) is 3.46. The third-order valence-electron chi connectivity index (χ3n) is 2.27.